The van der Waals surface area contributed by atoms with Gasteiger partial charge in [0.25, 0.3) is 0 Å². The summed E-state index contributed by atoms with van der Waals surface area (Å²) < 4.78 is 0. The van der Waals surface area contributed by atoms with Gasteiger partial charge >= 0.3 is 0 Å². The Balaban J connectivity index is 1.82. The molecule has 0 aromatic carbocycles. The van der Waals surface area contributed by atoms with E-state index in [0.717, 1.165) is 19.3 Å². The minimum Gasteiger partial charge on any atom is -0.342 e. The van der Waals surface area contributed by atoms with E-state index >= 15 is 0 Å². The van der Waals surface area contributed by atoms with Crippen molar-refractivity contribution in [2.75, 3.05) is 26.2 Å². The van der Waals surface area contributed by atoms with Crippen LogP contribution in [0, 0.1) is 11.8 Å². The van der Waals surface area contributed by atoms with Crippen LogP contribution in [0.15, 0.2) is 0 Å². The highest BCUT2D eigenvalue weighted by Crippen LogP contribution is 2.22. The van der Waals surface area contributed by atoms with Gasteiger partial charge in [0.2, 0.25) is 11.8 Å². The van der Waals surface area contributed by atoms with E-state index in [1.807, 2.05) is 18.7 Å². The lowest BCUT2D eigenvalue weighted by Crippen LogP contribution is -2.44. The van der Waals surface area contributed by atoms with Crippen molar-refractivity contribution in [2.45, 2.75) is 33.1 Å². The Labute approximate surface area is 108 Å². The number of carbonyl (C=O) groups excluding carboxylic acids is 2. The average Bonchev–Trinajstić information content (AvgIpc) is 2.91. The molecule has 2 fully saturated rings. The molecule has 0 radical (unpaired) electrons. The highest BCUT2D eigenvalue weighted by atomic mass is 16.7. The molecule has 5 heteroatoms. The molecule has 102 valence electrons. The Morgan fingerprint density at radius 1 is 1.17 bits per heavy atom. The lowest BCUT2D eigenvalue weighted by atomic mass is 9.95. The molecule has 0 atom stereocenters. The van der Waals surface area contributed by atoms with Crippen molar-refractivity contribution >= 4 is 11.8 Å². The smallest absolute Gasteiger partial charge is 0.249 e. The first kappa shape index (κ1) is 13.3. The maximum Gasteiger partial charge on any atom is 0.249 e. The van der Waals surface area contributed by atoms with Crippen molar-refractivity contribution in [3.05, 3.63) is 0 Å². The van der Waals surface area contributed by atoms with Gasteiger partial charge in [0.1, 0.15) is 0 Å². The van der Waals surface area contributed by atoms with E-state index in [4.69, 9.17) is 4.84 Å². The lowest BCUT2D eigenvalue weighted by molar-refractivity contribution is -0.175. The van der Waals surface area contributed by atoms with E-state index in [9.17, 15) is 9.59 Å². The number of hydrogen-bond donors (Lipinski definition) is 0. The highest BCUT2D eigenvalue weighted by molar-refractivity contribution is 5.80. The maximum atomic E-state index is 12.1. The van der Waals surface area contributed by atoms with Crippen LogP contribution in [0.2, 0.25) is 0 Å². The molecule has 0 bridgehead atoms. The standard InChI is InChI=1S/C13H22N2O3/c1-10(2)12(16)14-7-4-11(5-8-14)13(17)15-6-3-9-18-15/h10-11H,3-9H2,1-2H3. The number of likely N-dealkylation sites (tertiary alicyclic amines) is 1. The van der Waals surface area contributed by atoms with Crippen LogP contribution >= 0.6 is 0 Å². The topological polar surface area (TPSA) is 49.9 Å². The largest absolute Gasteiger partial charge is 0.342 e. The molecule has 0 aliphatic carbocycles. The number of amides is 2. The number of carbonyl (C=O) groups is 2. The molecule has 0 unspecified atom stereocenters. The molecule has 2 aliphatic rings. The molecule has 2 rings (SSSR count). The molecular formula is C13H22N2O3. The first-order valence-corrected chi connectivity index (χ1v) is 6.82. The van der Waals surface area contributed by atoms with Crippen molar-refractivity contribution in [3.63, 3.8) is 0 Å². The SMILES string of the molecule is CC(C)C(=O)N1CCC(C(=O)N2CCCO2)CC1. The van der Waals surface area contributed by atoms with Gasteiger partial charge in [-0.25, -0.2) is 5.06 Å². The average molecular weight is 254 g/mol. The van der Waals surface area contributed by atoms with Crippen molar-refractivity contribution < 1.29 is 14.4 Å². The number of hydroxylamine groups is 2. The second kappa shape index (κ2) is 5.69. The zero-order valence-corrected chi connectivity index (χ0v) is 11.2. The summed E-state index contributed by atoms with van der Waals surface area (Å²) in [5, 5.41) is 1.50. The number of rotatable bonds is 2. The summed E-state index contributed by atoms with van der Waals surface area (Å²) in [7, 11) is 0. The summed E-state index contributed by atoms with van der Waals surface area (Å²) in [6.07, 6.45) is 2.45. The zero-order chi connectivity index (χ0) is 13.1. The second-order valence-electron chi connectivity index (χ2n) is 5.38. The van der Waals surface area contributed by atoms with Gasteiger partial charge in [0, 0.05) is 24.9 Å². The van der Waals surface area contributed by atoms with Gasteiger partial charge < -0.3 is 4.90 Å². The molecule has 5 nitrogen and oxygen atoms in total. The van der Waals surface area contributed by atoms with E-state index in [1.54, 1.807) is 0 Å². The van der Waals surface area contributed by atoms with Crippen molar-refractivity contribution in [1.82, 2.24) is 9.96 Å². The predicted octanol–water partition coefficient (Wildman–Crippen LogP) is 1.04. The normalized spacial score (nSPS) is 21.7. The minimum absolute atomic E-state index is 0.0271. The van der Waals surface area contributed by atoms with Crippen molar-refractivity contribution in [3.8, 4) is 0 Å². The van der Waals surface area contributed by atoms with E-state index in [1.165, 1.54) is 5.06 Å². The first-order chi connectivity index (χ1) is 8.59. The van der Waals surface area contributed by atoms with Gasteiger partial charge in [-0.3, -0.25) is 14.4 Å². The minimum atomic E-state index is 0.0271. The van der Waals surface area contributed by atoms with Crippen LogP contribution in [-0.4, -0.2) is 48.0 Å². The quantitative estimate of drug-likeness (QED) is 0.740. The number of piperidine rings is 1. The Morgan fingerprint density at radius 3 is 2.33 bits per heavy atom. The van der Waals surface area contributed by atoms with E-state index in [2.05, 4.69) is 0 Å². The Kier molecular flexibility index (Phi) is 4.22. The van der Waals surface area contributed by atoms with Gasteiger partial charge in [-0.05, 0) is 19.3 Å². The molecule has 2 heterocycles. The molecule has 18 heavy (non-hydrogen) atoms. The van der Waals surface area contributed by atoms with Gasteiger partial charge in [-0.15, -0.1) is 0 Å². The third-order valence-corrected chi connectivity index (χ3v) is 3.65. The van der Waals surface area contributed by atoms with Gasteiger partial charge in [-0.2, -0.15) is 0 Å². The highest BCUT2D eigenvalue weighted by Gasteiger charge is 2.32. The zero-order valence-electron chi connectivity index (χ0n) is 11.2. The maximum absolute atomic E-state index is 12.1. The molecule has 2 amide bonds. The molecule has 0 aromatic heterocycles. The van der Waals surface area contributed by atoms with Crippen molar-refractivity contribution in [2.24, 2.45) is 11.8 Å². The van der Waals surface area contributed by atoms with Crippen LogP contribution in [0.1, 0.15) is 33.1 Å². The van der Waals surface area contributed by atoms with Crippen LogP contribution in [0.4, 0.5) is 0 Å². The fourth-order valence-electron chi connectivity index (χ4n) is 2.54. The summed E-state index contributed by atoms with van der Waals surface area (Å²) >= 11 is 0. The third kappa shape index (κ3) is 2.83. The summed E-state index contributed by atoms with van der Waals surface area (Å²) in [6.45, 7) is 6.58. The number of nitrogens with zero attached hydrogens (tertiary/aromatic N) is 2. The van der Waals surface area contributed by atoms with Gasteiger partial charge in [0.15, 0.2) is 0 Å². The van der Waals surface area contributed by atoms with Gasteiger partial charge in [0.05, 0.1) is 13.2 Å². The first-order valence-electron chi connectivity index (χ1n) is 6.82. The fraction of sp³-hybridized carbons (Fsp3) is 0.846. The van der Waals surface area contributed by atoms with E-state index < -0.39 is 0 Å². The Hall–Kier alpha value is -1.10. The second-order valence-corrected chi connectivity index (χ2v) is 5.38. The summed E-state index contributed by atoms with van der Waals surface area (Å²) in [5.41, 5.74) is 0. The van der Waals surface area contributed by atoms with Crippen molar-refractivity contribution in [1.29, 1.82) is 0 Å². The predicted molar refractivity (Wildman–Crippen MR) is 66.4 cm³/mol. The summed E-state index contributed by atoms with van der Waals surface area (Å²) in [4.78, 5) is 31.1. The third-order valence-electron chi connectivity index (χ3n) is 3.65. The van der Waals surface area contributed by atoms with E-state index in [0.29, 0.717) is 26.2 Å². The Morgan fingerprint density at radius 2 is 1.83 bits per heavy atom. The van der Waals surface area contributed by atoms with Crippen LogP contribution in [-0.2, 0) is 14.4 Å². The molecule has 2 aliphatic heterocycles. The van der Waals surface area contributed by atoms with E-state index in [-0.39, 0.29) is 23.7 Å². The summed E-state index contributed by atoms with van der Waals surface area (Å²) in [6, 6.07) is 0. The molecule has 0 saturated carbocycles. The lowest BCUT2D eigenvalue weighted by Gasteiger charge is -2.33. The monoisotopic (exact) mass is 254 g/mol. The van der Waals surface area contributed by atoms with Crippen LogP contribution in [0.25, 0.3) is 0 Å². The number of hydrogen-bond acceptors (Lipinski definition) is 3. The van der Waals surface area contributed by atoms with Crippen LogP contribution in [0.5, 0.6) is 0 Å². The molecule has 0 N–H and O–H groups in total. The fourth-order valence-corrected chi connectivity index (χ4v) is 2.54. The van der Waals surface area contributed by atoms with Crippen LogP contribution < -0.4 is 0 Å². The molecule has 0 aromatic rings. The van der Waals surface area contributed by atoms with Crippen LogP contribution in [0.3, 0.4) is 0 Å². The molecule has 0 spiro atoms. The Bertz CT molecular complexity index is 316. The molecule has 2 saturated heterocycles. The van der Waals surface area contributed by atoms with Gasteiger partial charge in [-0.1, -0.05) is 13.8 Å². The summed E-state index contributed by atoms with van der Waals surface area (Å²) in [5.74, 6) is 0.362. The molecular weight excluding hydrogens is 232 g/mol.